The number of carbonyl (C=O) groups excluding carboxylic acids is 1. The van der Waals surface area contributed by atoms with Crippen molar-refractivity contribution in [3.8, 4) is 11.5 Å². The summed E-state index contributed by atoms with van der Waals surface area (Å²) in [6, 6.07) is 21.5. The highest BCUT2D eigenvalue weighted by molar-refractivity contribution is 7.93. The maximum Gasteiger partial charge on any atom is 0.278 e. The topological polar surface area (TPSA) is 72.9 Å². The fraction of sp³-hybridized carbons (Fsp3) is 0.174. The Labute approximate surface area is 176 Å². The number of ether oxygens (including phenoxy) is 2. The summed E-state index contributed by atoms with van der Waals surface area (Å²) in [4.78, 5) is 13.1. The lowest BCUT2D eigenvalue weighted by molar-refractivity contribution is -0.119. The van der Waals surface area contributed by atoms with Crippen LogP contribution in [0.4, 0.5) is 5.69 Å². The van der Waals surface area contributed by atoms with Crippen LogP contribution in [0.3, 0.4) is 0 Å². The third-order valence-electron chi connectivity index (χ3n) is 4.28. The first-order valence-electron chi connectivity index (χ1n) is 9.48. The molecule has 3 aromatic carbocycles. The van der Waals surface area contributed by atoms with Crippen molar-refractivity contribution in [2.75, 3.05) is 17.5 Å². The van der Waals surface area contributed by atoms with E-state index in [1.165, 1.54) is 12.1 Å². The third kappa shape index (κ3) is 4.80. The number of nitrogens with zero attached hydrogens (tertiary/aromatic N) is 1. The molecule has 0 spiro atoms. The molecule has 6 nitrogen and oxygen atoms in total. The predicted molar refractivity (Wildman–Crippen MR) is 115 cm³/mol. The van der Waals surface area contributed by atoms with Crippen LogP contribution in [0.2, 0.25) is 0 Å². The van der Waals surface area contributed by atoms with Crippen molar-refractivity contribution < 1.29 is 22.7 Å². The summed E-state index contributed by atoms with van der Waals surface area (Å²) >= 11 is 0. The lowest BCUT2D eigenvalue weighted by atomic mass is 10.2. The lowest BCUT2D eigenvalue weighted by Gasteiger charge is -2.23. The average molecular weight is 426 g/mol. The van der Waals surface area contributed by atoms with Gasteiger partial charge in [-0.2, -0.15) is 4.31 Å². The van der Waals surface area contributed by atoms with Crippen molar-refractivity contribution in [2.45, 2.75) is 18.7 Å². The van der Waals surface area contributed by atoms with Crippen molar-refractivity contribution >= 4 is 21.6 Å². The quantitative estimate of drug-likeness (QED) is 0.541. The highest BCUT2D eigenvalue weighted by atomic mass is 32.2. The van der Waals surface area contributed by atoms with Crippen LogP contribution in [0.15, 0.2) is 83.8 Å². The molecule has 3 rings (SSSR count). The largest absolute Gasteiger partial charge is 0.490 e. The van der Waals surface area contributed by atoms with Gasteiger partial charge in [-0.25, -0.2) is 8.42 Å². The molecule has 0 aliphatic rings. The zero-order valence-corrected chi connectivity index (χ0v) is 17.6. The van der Waals surface area contributed by atoms with Crippen molar-refractivity contribution in [3.63, 3.8) is 0 Å². The van der Waals surface area contributed by atoms with Crippen molar-refractivity contribution in [1.29, 1.82) is 0 Å². The molecule has 0 aromatic heterocycles. The van der Waals surface area contributed by atoms with Crippen LogP contribution in [0.5, 0.6) is 11.5 Å². The monoisotopic (exact) mass is 425 g/mol. The number of rotatable bonds is 8. The summed E-state index contributed by atoms with van der Waals surface area (Å²) in [6.07, 6.45) is 0. The second-order valence-electron chi connectivity index (χ2n) is 6.48. The molecule has 0 fully saturated rings. The zero-order chi connectivity index (χ0) is 21.6. The van der Waals surface area contributed by atoms with Crippen LogP contribution >= 0.6 is 0 Å². The van der Waals surface area contributed by atoms with Crippen molar-refractivity contribution in [3.05, 3.63) is 84.4 Å². The molecule has 3 aromatic rings. The summed E-state index contributed by atoms with van der Waals surface area (Å²) in [5.74, 6) is 0.142. The van der Waals surface area contributed by atoms with E-state index in [2.05, 4.69) is 0 Å². The molecule has 7 heteroatoms. The van der Waals surface area contributed by atoms with Crippen LogP contribution in [0.1, 0.15) is 12.5 Å². The zero-order valence-electron chi connectivity index (χ0n) is 16.8. The molecule has 0 saturated heterocycles. The highest BCUT2D eigenvalue weighted by Gasteiger charge is 2.31. The minimum absolute atomic E-state index is 0.0219. The fourth-order valence-electron chi connectivity index (χ4n) is 2.84. The Morgan fingerprint density at radius 3 is 2.00 bits per heavy atom. The van der Waals surface area contributed by atoms with Crippen molar-refractivity contribution in [1.82, 2.24) is 0 Å². The van der Waals surface area contributed by atoms with E-state index in [0.717, 1.165) is 9.87 Å². The molecular weight excluding hydrogens is 402 g/mol. The molecule has 156 valence electrons. The molecule has 0 bridgehead atoms. The van der Waals surface area contributed by atoms with Gasteiger partial charge in [-0.3, -0.25) is 4.79 Å². The van der Waals surface area contributed by atoms with E-state index in [4.69, 9.17) is 9.47 Å². The minimum atomic E-state index is -4.12. The van der Waals surface area contributed by atoms with Gasteiger partial charge in [0.15, 0.2) is 18.1 Å². The summed E-state index contributed by atoms with van der Waals surface area (Å²) in [5, 5.41) is 0. The van der Waals surface area contributed by atoms with Crippen LogP contribution < -0.4 is 13.8 Å². The van der Waals surface area contributed by atoms with Gasteiger partial charge in [0, 0.05) is 0 Å². The van der Waals surface area contributed by atoms with Gasteiger partial charge in [-0.15, -0.1) is 0 Å². The Bertz CT molecular complexity index is 1100. The van der Waals surface area contributed by atoms with E-state index in [0.29, 0.717) is 18.1 Å². The van der Waals surface area contributed by atoms with Crippen LogP contribution in [-0.2, 0) is 14.8 Å². The first-order valence-corrected chi connectivity index (χ1v) is 10.9. The number of para-hydroxylation sites is 2. The predicted octanol–water partition coefficient (Wildman–Crippen LogP) is 4.19. The minimum Gasteiger partial charge on any atom is -0.490 e. The van der Waals surface area contributed by atoms with Crippen LogP contribution in [0.25, 0.3) is 0 Å². The van der Waals surface area contributed by atoms with E-state index in [1.807, 2.05) is 13.8 Å². The number of benzene rings is 3. The number of aryl methyl sites for hydroxylation is 1. The van der Waals surface area contributed by atoms with Gasteiger partial charge < -0.3 is 9.47 Å². The molecule has 0 N–H and O–H groups in total. The van der Waals surface area contributed by atoms with E-state index in [-0.39, 0.29) is 10.6 Å². The molecule has 0 unspecified atom stereocenters. The smallest absolute Gasteiger partial charge is 0.278 e. The van der Waals surface area contributed by atoms with Crippen LogP contribution in [-0.4, -0.2) is 27.5 Å². The maximum atomic E-state index is 13.3. The molecule has 30 heavy (non-hydrogen) atoms. The van der Waals surface area contributed by atoms with Gasteiger partial charge in [-0.1, -0.05) is 48.0 Å². The molecule has 0 atom stereocenters. The van der Waals surface area contributed by atoms with Crippen LogP contribution in [0, 0.1) is 6.92 Å². The number of sulfonamides is 1. The molecule has 0 saturated carbocycles. The Morgan fingerprint density at radius 1 is 0.833 bits per heavy atom. The summed E-state index contributed by atoms with van der Waals surface area (Å²) < 4.78 is 38.4. The molecule has 0 radical (unpaired) electrons. The number of anilines is 1. The van der Waals surface area contributed by atoms with E-state index in [1.54, 1.807) is 66.7 Å². The fourth-order valence-corrected chi connectivity index (χ4v) is 4.27. The Hall–Kier alpha value is -3.32. The molecule has 0 aliphatic carbocycles. The lowest BCUT2D eigenvalue weighted by Crippen LogP contribution is -2.40. The number of amides is 1. The first-order chi connectivity index (χ1) is 14.4. The highest BCUT2D eigenvalue weighted by Crippen LogP contribution is 2.28. The number of carbonyl (C=O) groups is 1. The normalized spacial score (nSPS) is 11.0. The van der Waals surface area contributed by atoms with Crippen molar-refractivity contribution in [2.24, 2.45) is 0 Å². The SMILES string of the molecule is CCOc1ccccc1OCC(=O)N(c1ccc(C)cc1)S(=O)(=O)c1ccccc1. The molecule has 0 heterocycles. The molecule has 0 aliphatic heterocycles. The van der Waals surface area contributed by atoms with E-state index in [9.17, 15) is 13.2 Å². The van der Waals surface area contributed by atoms with Gasteiger partial charge in [0.1, 0.15) is 0 Å². The summed E-state index contributed by atoms with van der Waals surface area (Å²) in [6.45, 7) is 3.69. The van der Waals surface area contributed by atoms with E-state index < -0.39 is 22.5 Å². The second-order valence-corrected chi connectivity index (χ2v) is 8.27. The van der Waals surface area contributed by atoms with Gasteiger partial charge in [-0.05, 0) is 50.2 Å². The average Bonchev–Trinajstić information content (AvgIpc) is 2.75. The molecule has 1 amide bonds. The first kappa shape index (κ1) is 21.4. The van der Waals surface area contributed by atoms with Gasteiger partial charge in [0.25, 0.3) is 15.9 Å². The van der Waals surface area contributed by atoms with Gasteiger partial charge in [0.05, 0.1) is 17.2 Å². The second kappa shape index (κ2) is 9.45. The number of hydrogen-bond donors (Lipinski definition) is 0. The summed E-state index contributed by atoms with van der Waals surface area (Å²) in [7, 11) is -4.12. The summed E-state index contributed by atoms with van der Waals surface area (Å²) in [5.41, 5.74) is 1.20. The standard InChI is InChI=1S/C23H23NO5S/c1-3-28-21-11-7-8-12-22(21)29-17-23(25)24(19-15-13-18(2)14-16-19)30(26,27)20-9-5-4-6-10-20/h4-16H,3,17H2,1-2H3. The Kier molecular flexibility index (Phi) is 6.74. The van der Waals surface area contributed by atoms with Gasteiger partial charge in [0.2, 0.25) is 0 Å². The third-order valence-corrected chi connectivity index (χ3v) is 6.04. The Morgan fingerprint density at radius 2 is 1.40 bits per heavy atom. The maximum absolute atomic E-state index is 13.3. The molecular formula is C23H23NO5S. The number of hydrogen-bond acceptors (Lipinski definition) is 5. The Balaban J connectivity index is 1.93. The van der Waals surface area contributed by atoms with Gasteiger partial charge >= 0.3 is 0 Å². The van der Waals surface area contributed by atoms with E-state index >= 15 is 0 Å².